The molecule has 0 unspecified atom stereocenters. The summed E-state index contributed by atoms with van der Waals surface area (Å²) in [6, 6.07) is 2.12. The van der Waals surface area contributed by atoms with Gasteiger partial charge in [-0.25, -0.2) is 0 Å². The van der Waals surface area contributed by atoms with Crippen LogP contribution >= 0.6 is 0 Å². The molecule has 0 bridgehead atoms. The fourth-order valence-electron chi connectivity index (χ4n) is 1.52. The number of morpholine rings is 1. The highest BCUT2D eigenvalue weighted by molar-refractivity contribution is 4.70. The van der Waals surface area contributed by atoms with Crippen LogP contribution in [0, 0.1) is 11.3 Å². The second-order valence-corrected chi connectivity index (χ2v) is 3.47. The summed E-state index contributed by atoms with van der Waals surface area (Å²) in [7, 11) is 0. The van der Waals surface area contributed by atoms with Crippen molar-refractivity contribution in [1.82, 2.24) is 10.2 Å². The zero-order valence-corrected chi connectivity index (χ0v) is 8.67. The van der Waals surface area contributed by atoms with Crippen LogP contribution in [-0.2, 0) is 4.74 Å². The van der Waals surface area contributed by atoms with Gasteiger partial charge < -0.3 is 10.1 Å². The highest BCUT2D eigenvalue weighted by Crippen LogP contribution is 1.97. The fraction of sp³-hybridized carbons (Fsp3) is 0.900. The molecular formula is C10H19N3O. The Kier molecular flexibility index (Phi) is 6.33. The Morgan fingerprint density at radius 1 is 1.29 bits per heavy atom. The van der Waals surface area contributed by atoms with Crippen LogP contribution in [0.3, 0.4) is 0 Å². The summed E-state index contributed by atoms with van der Waals surface area (Å²) in [5, 5.41) is 11.6. The Balaban J connectivity index is 1.85. The molecule has 0 saturated carbocycles. The summed E-state index contributed by atoms with van der Waals surface area (Å²) in [5.74, 6) is 0. The third kappa shape index (κ3) is 5.18. The van der Waals surface area contributed by atoms with E-state index in [-0.39, 0.29) is 0 Å². The van der Waals surface area contributed by atoms with Gasteiger partial charge in [-0.2, -0.15) is 5.26 Å². The Morgan fingerprint density at radius 3 is 2.79 bits per heavy atom. The summed E-state index contributed by atoms with van der Waals surface area (Å²) in [5.41, 5.74) is 0. The van der Waals surface area contributed by atoms with Gasteiger partial charge in [0.05, 0.1) is 19.3 Å². The zero-order chi connectivity index (χ0) is 10.1. The van der Waals surface area contributed by atoms with Gasteiger partial charge in [0.1, 0.15) is 0 Å². The number of ether oxygens (including phenoxy) is 1. The molecule has 0 aromatic rings. The number of rotatable bonds is 6. The van der Waals surface area contributed by atoms with Gasteiger partial charge in [-0.1, -0.05) is 0 Å². The molecular weight excluding hydrogens is 178 g/mol. The Morgan fingerprint density at radius 2 is 2.07 bits per heavy atom. The minimum Gasteiger partial charge on any atom is -0.379 e. The van der Waals surface area contributed by atoms with Crippen LogP contribution in [0.5, 0.6) is 0 Å². The second kappa shape index (κ2) is 7.74. The molecule has 1 rings (SSSR count). The number of nitrogens with zero attached hydrogens (tertiary/aromatic N) is 2. The van der Waals surface area contributed by atoms with Gasteiger partial charge in [-0.05, 0) is 19.5 Å². The van der Waals surface area contributed by atoms with Crippen molar-refractivity contribution < 1.29 is 4.74 Å². The first-order valence-electron chi connectivity index (χ1n) is 5.31. The number of nitriles is 1. The minimum absolute atomic E-state index is 0.609. The zero-order valence-electron chi connectivity index (χ0n) is 8.67. The topological polar surface area (TPSA) is 48.3 Å². The van der Waals surface area contributed by atoms with Crippen molar-refractivity contribution in [2.45, 2.75) is 12.8 Å². The second-order valence-electron chi connectivity index (χ2n) is 3.47. The maximum absolute atomic E-state index is 8.31. The molecule has 0 atom stereocenters. The number of nitrogens with one attached hydrogen (secondary N) is 1. The van der Waals surface area contributed by atoms with Crippen molar-refractivity contribution in [1.29, 1.82) is 5.26 Å². The summed E-state index contributed by atoms with van der Waals surface area (Å²) >= 11 is 0. The van der Waals surface area contributed by atoms with E-state index in [1.165, 1.54) is 0 Å². The van der Waals surface area contributed by atoms with Crippen molar-refractivity contribution in [3.05, 3.63) is 0 Å². The van der Waals surface area contributed by atoms with Gasteiger partial charge in [0.2, 0.25) is 0 Å². The quantitative estimate of drug-likeness (QED) is 0.618. The van der Waals surface area contributed by atoms with Crippen LogP contribution in [0.1, 0.15) is 12.8 Å². The third-order valence-electron chi connectivity index (χ3n) is 2.35. The molecule has 0 spiro atoms. The van der Waals surface area contributed by atoms with Crippen LogP contribution in [0.4, 0.5) is 0 Å². The van der Waals surface area contributed by atoms with Gasteiger partial charge in [-0.15, -0.1) is 0 Å². The lowest BCUT2D eigenvalue weighted by Gasteiger charge is -2.26. The summed E-state index contributed by atoms with van der Waals surface area (Å²) in [4.78, 5) is 2.43. The largest absolute Gasteiger partial charge is 0.379 e. The molecule has 1 N–H and O–H groups in total. The van der Waals surface area contributed by atoms with E-state index in [1.54, 1.807) is 0 Å². The van der Waals surface area contributed by atoms with Crippen molar-refractivity contribution in [2.24, 2.45) is 0 Å². The molecule has 0 radical (unpaired) electrons. The van der Waals surface area contributed by atoms with Gasteiger partial charge >= 0.3 is 0 Å². The molecule has 0 aromatic carbocycles. The molecule has 4 heteroatoms. The average molecular weight is 197 g/mol. The van der Waals surface area contributed by atoms with Crippen LogP contribution in [0.15, 0.2) is 0 Å². The average Bonchev–Trinajstić information content (AvgIpc) is 2.25. The van der Waals surface area contributed by atoms with Crippen molar-refractivity contribution >= 4 is 0 Å². The first kappa shape index (κ1) is 11.4. The fourth-order valence-corrected chi connectivity index (χ4v) is 1.52. The summed E-state index contributed by atoms with van der Waals surface area (Å²) in [6.07, 6.45) is 1.77. The Labute approximate surface area is 85.8 Å². The maximum atomic E-state index is 8.31. The van der Waals surface area contributed by atoms with Crippen LogP contribution < -0.4 is 5.32 Å². The van der Waals surface area contributed by atoms with Crippen molar-refractivity contribution in [2.75, 3.05) is 45.9 Å². The van der Waals surface area contributed by atoms with E-state index < -0.39 is 0 Å². The normalized spacial score (nSPS) is 17.9. The van der Waals surface area contributed by atoms with Gasteiger partial charge in [0.15, 0.2) is 0 Å². The molecule has 4 nitrogen and oxygen atoms in total. The first-order chi connectivity index (χ1) is 6.93. The van der Waals surface area contributed by atoms with Gasteiger partial charge in [0, 0.05) is 26.1 Å². The molecule has 0 amide bonds. The highest BCUT2D eigenvalue weighted by atomic mass is 16.5. The molecule has 1 fully saturated rings. The predicted octanol–water partition coefficient (Wildman–Crippen LogP) is 0.212. The van der Waals surface area contributed by atoms with E-state index in [4.69, 9.17) is 10.00 Å². The lowest BCUT2D eigenvalue weighted by molar-refractivity contribution is 0.0375. The van der Waals surface area contributed by atoms with E-state index in [0.29, 0.717) is 6.42 Å². The van der Waals surface area contributed by atoms with Gasteiger partial charge in [-0.3, -0.25) is 4.90 Å². The van der Waals surface area contributed by atoms with Crippen molar-refractivity contribution in [3.63, 3.8) is 0 Å². The van der Waals surface area contributed by atoms with Gasteiger partial charge in [0.25, 0.3) is 0 Å². The first-order valence-corrected chi connectivity index (χ1v) is 5.31. The van der Waals surface area contributed by atoms with E-state index in [9.17, 15) is 0 Å². The monoisotopic (exact) mass is 197 g/mol. The van der Waals surface area contributed by atoms with Crippen LogP contribution in [0.25, 0.3) is 0 Å². The lowest BCUT2D eigenvalue weighted by Crippen LogP contribution is -2.37. The van der Waals surface area contributed by atoms with E-state index in [0.717, 1.165) is 52.4 Å². The predicted molar refractivity (Wildman–Crippen MR) is 55.0 cm³/mol. The van der Waals surface area contributed by atoms with E-state index in [1.807, 2.05) is 0 Å². The number of hydrogen-bond acceptors (Lipinski definition) is 4. The molecule has 1 heterocycles. The third-order valence-corrected chi connectivity index (χ3v) is 2.35. The maximum Gasteiger partial charge on any atom is 0.0635 e. The molecule has 80 valence electrons. The molecule has 1 saturated heterocycles. The minimum atomic E-state index is 0.609. The molecule has 0 aromatic heterocycles. The molecule has 1 aliphatic rings. The highest BCUT2D eigenvalue weighted by Gasteiger charge is 2.08. The summed E-state index contributed by atoms with van der Waals surface area (Å²) < 4.78 is 5.27. The van der Waals surface area contributed by atoms with Crippen LogP contribution in [0.2, 0.25) is 0 Å². The molecule has 14 heavy (non-hydrogen) atoms. The number of hydrogen-bond donors (Lipinski definition) is 1. The lowest BCUT2D eigenvalue weighted by atomic mass is 10.3. The Hall–Kier alpha value is -0.630. The molecule has 1 aliphatic heterocycles. The van der Waals surface area contributed by atoms with Crippen LogP contribution in [-0.4, -0.2) is 50.8 Å². The standard InChI is InChI=1S/C10H19N3O/c11-3-1-4-12-5-2-6-13-7-9-14-10-8-13/h12H,1-2,4-10H2. The molecule has 0 aliphatic carbocycles. The summed E-state index contributed by atoms with van der Waals surface area (Å²) in [6.45, 7) is 6.86. The van der Waals surface area contributed by atoms with E-state index in [2.05, 4.69) is 16.3 Å². The smallest absolute Gasteiger partial charge is 0.0635 e. The Bertz CT molecular complexity index is 173. The van der Waals surface area contributed by atoms with E-state index >= 15 is 0 Å². The SMILES string of the molecule is N#CCCNCCCN1CCOCC1. The van der Waals surface area contributed by atoms with Crippen molar-refractivity contribution in [3.8, 4) is 6.07 Å².